The normalized spacial score (nSPS) is 20.6. The fraction of sp³-hybridized carbons (Fsp3) is 0.571. The van der Waals surface area contributed by atoms with Gasteiger partial charge in [-0.2, -0.15) is 0 Å². The highest BCUT2D eigenvalue weighted by molar-refractivity contribution is 5.93. The molecule has 1 atom stereocenters. The Morgan fingerprint density at radius 1 is 1.61 bits per heavy atom. The third-order valence-electron chi connectivity index (χ3n) is 3.38. The maximum atomic E-state index is 11.8. The van der Waals surface area contributed by atoms with Gasteiger partial charge < -0.3 is 10.2 Å². The Hall–Kier alpha value is -1.42. The van der Waals surface area contributed by atoms with Crippen molar-refractivity contribution in [2.45, 2.75) is 19.8 Å². The lowest BCUT2D eigenvalue weighted by Crippen LogP contribution is -2.40. The van der Waals surface area contributed by atoms with Crippen molar-refractivity contribution < 1.29 is 4.79 Å². The van der Waals surface area contributed by atoms with Gasteiger partial charge in [-0.1, -0.05) is 6.92 Å². The van der Waals surface area contributed by atoms with Crippen molar-refractivity contribution in [3.8, 4) is 0 Å². The van der Waals surface area contributed by atoms with Crippen molar-refractivity contribution in [3.05, 3.63) is 30.1 Å². The van der Waals surface area contributed by atoms with Crippen molar-refractivity contribution in [2.75, 3.05) is 26.2 Å². The number of nitrogens with zero attached hydrogens (tertiary/aromatic N) is 2. The monoisotopic (exact) mass is 247 g/mol. The number of rotatable bonds is 4. The fourth-order valence-corrected chi connectivity index (χ4v) is 2.42. The summed E-state index contributed by atoms with van der Waals surface area (Å²) in [4.78, 5) is 18.2. The van der Waals surface area contributed by atoms with Crippen LogP contribution in [0, 0.1) is 5.92 Å². The van der Waals surface area contributed by atoms with Gasteiger partial charge in [-0.25, -0.2) is 0 Å². The summed E-state index contributed by atoms with van der Waals surface area (Å²) < 4.78 is 0. The highest BCUT2D eigenvalue weighted by Crippen LogP contribution is 2.14. The van der Waals surface area contributed by atoms with Crippen molar-refractivity contribution in [3.63, 3.8) is 0 Å². The van der Waals surface area contributed by atoms with E-state index in [-0.39, 0.29) is 5.91 Å². The summed E-state index contributed by atoms with van der Waals surface area (Å²) in [5, 5.41) is 2.94. The number of piperidine rings is 1. The van der Waals surface area contributed by atoms with E-state index in [1.54, 1.807) is 24.5 Å². The molecule has 2 heterocycles. The summed E-state index contributed by atoms with van der Waals surface area (Å²) in [6, 6.07) is 3.56. The predicted molar refractivity (Wildman–Crippen MR) is 71.4 cm³/mol. The van der Waals surface area contributed by atoms with Gasteiger partial charge in [0.15, 0.2) is 0 Å². The van der Waals surface area contributed by atoms with Crippen LogP contribution < -0.4 is 5.32 Å². The number of aromatic nitrogens is 1. The van der Waals surface area contributed by atoms with Crippen molar-refractivity contribution in [1.29, 1.82) is 0 Å². The maximum absolute atomic E-state index is 11.8. The summed E-state index contributed by atoms with van der Waals surface area (Å²) in [7, 11) is 0. The standard InChI is InChI=1S/C14H21N3O/c1-12-4-3-8-17(11-12)9-7-16-14(18)13-5-2-6-15-10-13/h2,5-6,10,12H,3-4,7-9,11H2,1H3,(H,16,18)/t12-/m0/s1. The molecular weight excluding hydrogens is 226 g/mol. The highest BCUT2D eigenvalue weighted by Gasteiger charge is 2.15. The van der Waals surface area contributed by atoms with E-state index in [0.29, 0.717) is 12.1 Å². The second-order valence-corrected chi connectivity index (χ2v) is 5.05. The van der Waals surface area contributed by atoms with Gasteiger partial charge in [0.05, 0.1) is 5.56 Å². The van der Waals surface area contributed by atoms with E-state index >= 15 is 0 Å². The average Bonchev–Trinajstić information content (AvgIpc) is 2.40. The molecule has 4 nitrogen and oxygen atoms in total. The van der Waals surface area contributed by atoms with Gasteiger partial charge >= 0.3 is 0 Å². The molecule has 0 spiro atoms. The third kappa shape index (κ3) is 3.81. The maximum Gasteiger partial charge on any atom is 0.252 e. The first kappa shape index (κ1) is 13.0. The zero-order valence-electron chi connectivity index (χ0n) is 10.9. The SMILES string of the molecule is C[C@H]1CCCN(CCNC(=O)c2cccnc2)C1. The largest absolute Gasteiger partial charge is 0.351 e. The van der Waals surface area contributed by atoms with Crippen LogP contribution in [0.25, 0.3) is 0 Å². The van der Waals surface area contributed by atoms with Gasteiger partial charge in [-0.3, -0.25) is 9.78 Å². The first-order chi connectivity index (χ1) is 8.75. The molecule has 1 fully saturated rings. The molecule has 0 radical (unpaired) electrons. The molecule has 1 N–H and O–H groups in total. The molecule has 1 saturated heterocycles. The van der Waals surface area contributed by atoms with E-state index in [9.17, 15) is 4.79 Å². The highest BCUT2D eigenvalue weighted by atomic mass is 16.1. The Balaban J connectivity index is 1.70. The summed E-state index contributed by atoms with van der Waals surface area (Å²) in [5.41, 5.74) is 0.629. The minimum atomic E-state index is -0.0341. The van der Waals surface area contributed by atoms with Crippen LogP contribution in [0.3, 0.4) is 0 Å². The number of carbonyl (C=O) groups is 1. The van der Waals surface area contributed by atoms with Crippen molar-refractivity contribution >= 4 is 5.91 Å². The van der Waals surface area contributed by atoms with Crippen molar-refractivity contribution in [2.24, 2.45) is 5.92 Å². The Morgan fingerprint density at radius 3 is 3.22 bits per heavy atom. The molecule has 1 aliphatic heterocycles. The third-order valence-corrected chi connectivity index (χ3v) is 3.38. The molecule has 0 bridgehead atoms. The number of carbonyl (C=O) groups excluding carboxylic acids is 1. The van der Waals surface area contributed by atoms with Gasteiger partial charge in [0.1, 0.15) is 0 Å². The van der Waals surface area contributed by atoms with E-state index in [0.717, 1.165) is 25.6 Å². The molecule has 18 heavy (non-hydrogen) atoms. The Bertz CT molecular complexity index is 380. The summed E-state index contributed by atoms with van der Waals surface area (Å²) in [6.45, 7) is 6.26. The second kappa shape index (κ2) is 6.50. The van der Waals surface area contributed by atoms with Crippen LogP contribution in [0.5, 0.6) is 0 Å². The number of pyridine rings is 1. The molecular formula is C14H21N3O. The topological polar surface area (TPSA) is 45.2 Å². The molecule has 98 valence electrons. The first-order valence-electron chi connectivity index (χ1n) is 6.66. The molecule has 2 rings (SSSR count). The molecule has 1 aromatic heterocycles. The zero-order chi connectivity index (χ0) is 12.8. The van der Waals surface area contributed by atoms with Crippen LogP contribution >= 0.6 is 0 Å². The summed E-state index contributed by atoms with van der Waals surface area (Å²) >= 11 is 0. The van der Waals surface area contributed by atoms with Crippen LogP contribution in [0.1, 0.15) is 30.1 Å². The minimum Gasteiger partial charge on any atom is -0.351 e. The van der Waals surface area contributed by atoms with Gasteiger partial charge in [0, 0.05) is 32.0 Å². The molecule has 1 amide bonds. The number of hydrogen-bond acceptors (Lipinski definition) is 3. The molecule has 0 aromatic carbocycles. The van der Waals surface area contributed by atoms with Gasteiger partial charge in [0.25, 0.3) is 5.91 Å². The smallest absolute Gasteiger partial charge is 0.252 e. The number of amides is 1. The van der Waals surface area contributed by atoms with Gasteiger partial charge in [-0.15, -0.1) is 0 Å². The van der Waals surface area contributed by atoms with Crippen molar-refractivity contribution in [1.82, 2.24) is 15.2 Å². The van der Waals surface area contributed by atoms with Crippen LogP contribution in [0.15, 0.2) is 24.5 Å². The molecule has 0 saturated carbocycles. The molecule has 0 unspecified atom stereocenters. The molecule has 0 aliphatic carbocycles. The van der Waals surface area contributed by atoms with Gasteiger partial charge in [-0.05, 0) is 37.4 Å². The number of likely N-dealkylation sites (tertiary alicyclic amines) is 1. The summed E-state index contributed by atoms with van der Waals surface area (Å²) in [6.07, 6.45) is 5.88. The van der Waals surface area contributed by atoms with Crippen LogP contribution in [-0.4, -0.2) is 42.0 Å². The Morgan fingerprint density at radius 2 is 2.50 bits per heavy atom. The average molecular weight is 247 g/mol. The Labute approximate surface area is 108 Å². The van der Waals surface area contributed by atoms with E-state index in [1.165, 1.54) is 12.8 Å². The second-order valence-electron chi connectivity index (χ2n) is 5.05. The lowest BCUT2D eigenvalue weighted by Gasteiger charge is -2.30. The van der Waals surface area contributed by atoms with Crippen LogP contribution in [-0.2, 0) is 0 Å². The first-order valence-corrected chi connectivity index (χ1v) is 6.66. The summed E-state index contributed by atoms with van der Waals surface area (Å²) in [5.74, 6) is 0.751. The van der Waals surface area contributed by atoms with E-state index in [1.807, 2.05) is 0 Å². The number of nitrogens with one attached hydrogen (secondary N) is 1. The quantitative estimate of drug-likeness (QED) is 0.878. The van der Waals surface area contributed by atoms with Crippen LogP contribution in [0.4, 0.5) is 0 Å². The number of hydrogen-bond donors (Lipinski definition) is 1. The van der Waals surface area contributed by atoms with Crippen LogP contribution in [0.2, 0.25) is 0 Å². The van der Waals surface area contributed by atoms with Gasteiger partial charge in [0.2, 0.25) is 0 Å². The lowest BCUT2D eigenvalue weighted by atomic mass is 10.0. The van der Waals surface area contributed by atoms with E-state index in [2.05, 4.69) is 22.1 Å². The minimum absolute atomic E-state index is 0.0341. The molecule has 1 aliphatic rings. The predicted octanol–water partition coefficient (Wildman–Crippen LogP) is 1.54. The van der Waals surface area contributed by atoms with E-state index < -0.39 is 0 Å². The van der Waals surface area contributed by atoms with E-state index in [4.69, 9.17) is 0 Å². The Kier molecular flexibility index (Phi) is 4.70. The molecule has 1 aromatic rings. The fourth-order valence-electron chi connectivity index (χ4n) is 2.42. The zero-order valence-corrected chi connectivity index (χ0v) is 10.9. The molecule has 4 heteroatoms. The lowest BCUT2D eigenvalue weighted by molar-refractivity contribution is 0.0943.